The first-order valence-electron chi connectivity index (χ1n) is 6.47. The molecule has 0 aromatic heterocycles. The van der Waals surface area contributed by atoms with Gasteiger partial charge in [-0.1, -0.05) is 13.2 Å². The molecule has 1 amide bonds. The van der Waals surface area contributed by atoms with Gasteiger partial charge in [0.15, 0.2) is 0 Å². The van der Waals surface area contributed by atoms with Crippen molar-refractivity contribution in [1.82, 2.24) is 4.90 Å². The SMILES string of the molecule is C=C(C)C(=O)OC(=C)C(=O)OC.C=CC(=O)N1CCOCC1. The lowest BCUT2D eigenvalue weighted by molar-refractivity contribution is -0.147. The molecular formula is C15H21NO6. The zero-order chi connectivity index (χ0) is 17.1. The lowest BCUT2D eigenvalue weighted by atomic mass is 10.4. The van der Waals surface area contributed by atoms with Crippen molar-refractivity contribution in [2.24, 2.45) is 0 Å². The molecule has 0 atom stereocenters. The van der Waals surface area contributed by atoms with E-state index >= 15 is 0 Å². The van der Waals surface area contributed by atoms with Gasteiger partial charge in [0.25, 0.3) is 0 Å². The minimum Gasteiger partial charge on any atom is -0.463 e. The fourth-order valence-corrected chi connectivity index (χ4v) is 1.27. The van der Waals surface area contributed by atoms with E-state index in [1.165, 1.54) is 20.1 Å². The summed E-state index contributed by atoms with van der Waals surface area (Å²) >= 11 is 0. The van der Waals surface area contributed by atoms with Gasteiger partial charge in [-0.05, 0) is 19.6 Å². The number of rotatable bonds is 4. The highest BCUT2D eigenvalue weighted by molar-refractivity contribution is 5.93. The topological polar surface area (TPSA) is 82.1 Å². The summed E-state index contributed by atoms with van der Waals surface area (Å²) in [6.07, 6.45) is 1.34. The first-order chi connectivity index (χ1) is 10.3. The highest BCUT2D eigenvalue weighted by Gasteiger charge is 2.13. The van der Waals surface area contributed by atoms with Crippen molar-refractivity contribution in [3.05, 3.63) is 37.1 Å². The highest BCUT2D eigenvalue weighted by atomic mass is 16.6. The largest absolute Gasteiger partial charge is 0.463 e. The maximum atomic E-state index is 10.9. The Bertz CT molecular complexity index is 463. The number of carbonyl (C=O) groups excluding carboxylic acids is 3. The van der Waals surface area contributed by atoms with Crippen LogP contribution in [0, 0.1) is 0 Å². The van der Waals surface area contributed by atoms with Crippen LogP contribution >= 0.6 is 0 Å². The minimum atomic E-state index is -0.774. The van der Waals surface area contributed by atoms with Gasteiger partial charge in [0.1, 0.15) is 0 Å². The summed E-state index contributed by atoms with van der Waals surface area (Å²) in [7, 11) is 1.17. The van der Waals surface area contributed by atoms with Crippen molar-refractivity contribution in [3.63, 3.8) is 0 Å². The third-order valence-electron chi connectivity index (χ3n) is 2.47. The number of nitrogens with zero attached hydrogens (tertiary/aromatic N) is 1. The van der Waals surface area contributed by atoms with E-state index in [1.807, 2.05) is 0 Å². The molecule has 22 heavy (non-hydrogen) atoms. The number of hydrogen-bond acceptors (Lipinski definition) is 6. The summed E-state index contributed by atoms with van der Waals surface area (Å²) in [5, 5.41) is 0. The molecule has 0 N–H and O–H groups in total. The maximum absolute atomic E-state index is 10.9. The molecule has 0 spiro atoms. The summed E-state index contributed by atoms with van der Waals surface area (Å²) in [5.41, 5.74) is 0.194. The van der Waals surface area contributed by atoms with Crippen LogP contribution in [-0.2, 0) is 28.6 Å². The lowest BCUT2D eigenvalue weighted by Gasteiger charge is -2.25. The van der Waals surface area contributed by atoms with Crippen LogP contribution in [0.25, 0.3) is 0 Å². The van der Waals surface area contributed by atoms with Crippen molar-refractivity contribution < 1.29 is 28.6 Å². The monoisotopic (exact) mass is 311 g/mol. The second kappa shape index (κ2) is 10.3. The number of esters is 2. The van der Waals surface area contributed by atoms with Crippen LogP contribution in [0.3, 0.4) is 0 Å². The predicted molar refractivity (Wildman–Crippen MR) is 79.7 cm³/mol. The normalized spacial score (nSPS) is 13.1. The average Bonchev–Trinajstić information content (AvgIpc) is 2.54. The van der Waals surface area contributed by atoms with E-state index in [9.17, 15) is 14.4 Å². The van der Waals surface area contributed by atoms with Crippen LogP contribution in [0.2, 0.25) is 0 Å². The molecule has 1 heterocycles. The van der Waals surface area contributed by atoms with Gasteiger partial charge in [0.2, 0.25) is 11.7 Å². The Labute approximate surface area is 129 Å². The number of methoxy groups -OCH3 is 1. The smallest absolute Gasteiger partial charge is 0.373 e. The van der Waals surface area contributed by atoms with Gasteiger partial charge in [-0.3, -0.25) is 4.79 Å². The molecule has 0 aromatic rings. The summed E-state index contributed by atoms with van der Waals surface area (Å²) < 4.78 is 13.8. The molecular weight excluding hydrogens is 290 g/mol. The van der Waals surface area contributed by atoms with Crippen molar-refractivity contribution in [2.45, 2.75) is 6.92 Å². The van der Waals surface area contributed by atoms with Crippen LogP contribution in [0.4, 0.5) is 0 Å². The lowest BCUT2D eigenvalue weighted by Crippen LogP contribution is -2.39. The molecule has 122 valence electrons. The van der Waals surface area contributed by atoms with Crippen molar-refractivity contribution >= 4 is 17.8 Å². The Kier molecular flexibility index (Phi) is 9.20. The molecule has 7 heteroatoms. The third-order valence-corrected chi connectivity index (χ3v) is 2.47. The summed E-state index contributed by atoms with van der Waals surface area (Å²) in [6.45, 7) is 14.1. The number of carbonyl (C=O) groups is 3. The number of hydrogen-bond donors (Lipinski definition) is 0. The Morgan fingerprint density at radius 2 is 1.68 bits per heavy atom. The predicted octanol–water partition coefficient (Wildman–Crippen LogP) is 0.824. The highest BCUT2D eigenvalue weighted by Crippen LogP contribution is 2.01. The minimum absolute atomic E-state index is 0.00306. The molecule has 0 radical (unpaired) electrons. The van der Waals surface area contributed by atoms with Gasteiger partial charge >= 0.3 is 11.9 Å². The quantitative estimate of drug-likeness (QED) is 0.434. The van der Waals surface area contributed by atoms with Crippen LogP contribution in [0.1, 0.15) is 6.92 Å². The number of morpholine rings is 1. The summed E-state index contributed by atoms with van der Waals surface area (Å²) in [5.74, 6) is -1.80. The number of ether oxygens (including phenoxy) is 3. The van der Waals surface area contributed by atoms with Gasteiger partial charge < -0.3 is 19.1 Å². The van der Waals surface area contributed by atoms with Crippen molar-refractivity contribution in [1.29, 1.82) is 0 Å². The first-order valence-corrected chi connectivity index (χ1v) is 6.47. The molecule has 0 saturated carbocycles. The Morgan fingerprint density at radius 1 is 1.14 bits per heavy atom. The van der Waals surface area contributed by atoms with E-state index in [0.29, 0.717) is 26.3 Å². The zero-order valence-corrected chi connectivity index (χ0v) is 12.9. The van der Waals surface area contributed by atoms with Crippen LogP contribution in [-0.4, -0.2) is 56.2 Å². The molecule has 1 rings (SSSR count). The molecule has 7 nitrogen and oxygen atoms in total. The van der Waals surface area contributed by atoms with Gasteiger partial charge in [-0.2, -0.15) is 0 Å². The summed E-state index contributed by atoms with van der Waals surface area (Å²) in [4.78, 5) is 34.1. The van der Waals surface area contributed by atoms with E-state index in [-0.39, 0.29) is 17.2 Å². The average molecular weight is 311 g/mol. The Balaban J connectivity index is 0.000000406. The van der Waals surface area contributed by atoms with Crippen LogP contribution in [0.5, 0.6) is 0 Å². The van der Waals surface area contributed by atoms with E-state index < -0.39 is 11.9 Å². The second-order valence-corrected chi connectivity index (χ2v) is 4.23. The van der Waals surface area contributed by atoms with Gasteiger partial charge in [0, 0.05) is 18.7 Å². The van der Waals surface area contributed by atoms with Crippen LogP contribution in [0.15, 0.2) is 37.1 Å². The molecule has 0 unspecified atom stereocenters. The fourth-order valence-electron chi connectivity index (χ4n) is 1.27. The standard InChI is InChI=1S/C8H10O4.C7H11NO2/c1-5(2)7(9)12-6(3)8(10)11-4;1-2-7(9)8-3-5-10-6-4-8/h1,3H2,2,4H3;2H,1,3-6H2. The van der Waals surface area contributed by atoms with Gasteiger partial charge in [-0.25, -0.2) is 9.59 Å². The fraction of sp³-hybridized carbons (Fsp3) is 0.400. The van der Waals surface area contributed by atoms with E-state index in [2.05, 4.69) is 29.2 Å². The maximum Gasteiger partial charge on any atom is 0.373 e. The van der Waals surface area contributed by atoms with E-state index in [4.69, 9.17) is 4.74 Å². The van der Waals surface area contributed by atoms with Gasteiger partial charge in [-0.15, -0.1) is 0 Å². The zero-order valence-electron chi connectivity index (χ0n) is 12.9. The second-order valence-electron chi connectivity index (χ2n) is 4.23. The molecule has 0 aliphatic carbocycles. The molecule has 1 aliphatic heterocycles. The molecule has 0 aromatic carbocycles. The summed E-state index contributed by atoms with van der Waals surface area (Å²) in [6, 6.07) is 0. The third kappa shape index (κ3) is 7.39. The molecule has 1 aliphatic rings. The van der Waals surface area contributed by atoms with Crippen molar-refractivity contribution in [3.8, 4) is 0 Å². The first kappa shape index (κ1) is 19.6. The van der Waals surface area contributed by atoms with E-state index in [1.54, 1.807) is 4.90 Å². The van der Waals surface area contributed by atoms with Crippen molar-refractivity contribution in [2.75, 3.05) is 33.4 Å². The van der Waals surface area contributed by atoms with Gasteiger partial charge in [0.05, 0.1) is 20.3 Å². The Morgan fingerprint density at radius 3 is 2.09 bits per heavy atom. The number of amides is 1. The molecule has 1 saturated heterocycles. The molecule has 1 fully saturated rings. The molecule has 0 bridgehead atoms. The van der Waals surface area contributed by atoms with Crippen LogP contribution < -0.4 is 0 Å². The Hall–Kier alpha value is -2.41. The van der Waals surface area contributed by atoms with E-state index in [0.717, 1.165) is 0 Å².